The lowest BCUT2D eigenvalue weighted by molar-refractivity contribution is -0.117. The predicted octanol–water partition coefficient (Wildman–Crippen LogP) is 0.252. The highest BCUT2D eigenvalue weighted by atomic mass is 35.5. The number of nitrogens with two attached hydrogens (primary N) is 2. The number of thioether (sulfide) groups is 1. The van der Waals surface area contributed by atoms with Crippen LogP contribution in [-0.2, 0) is 4.79 Å². The number of halogens is 1. The Labute approximate surface area is 109 Å². The van der Waals surface area contributed by atoms with E-state index in [2.05, 4.69) is 0 Å². The third kappa shape index (κ3) is 2.73. The number of anilines is 1. The van der Waals surface area contributed by atoms with Crippen LogP contribution < -0.4 is 16.0 Å². The van der Waals surface area contributed by atoms with Gasteiger partial charge in [0.05, 0.1) is 5.25 Å². The molecule has 0 aliphatic carbocycles. The minimum Gasteiger partial charge on any atom is -0.311 e. The van der Waals surface area contributed by atoms with Crippen LogP contribution in [0.4, 0.5) is 5.69 Å². The quantitative estimate of drug-likeness (QED) is 0.598. The number of hydrogen-bond donors (Lipinski definition) is 2. The van der Waals surface area contributed by atoms with Crippen LogP contribution in [0.3, 0.4) is 0 Å². The summed E-state index contributed by atoms with van der Waals surface area (Å²) < 4.78 is 0. The van der Waals surface area contributed by atoms with Gasteiger partial charge in [0, 0.05) is 17.3 Å². The van der Waals surface area contributed by atoms with Gasteiger partial charge < -0.3 is 4.90 Å². The van der Waals surface area contributed by atoms with Crippen LogP contribution in [0.15, 0.2) is 24.3 Å². The van der Waals surface area contributed by atoms with E-state index in [-0.39, 0.29) is 16.3 Å². The van der Waals surface area contributed by atoms with Gasteiger partial charge in [-0.05, 0) is 42.4 Å². The molecule has 2 rings (SSSR count). The highest BCUT2D eigenvalue weighted by molar-refractivity contribution is 8.14. The highest BCUT2D eigenvalue weighted by Crippen LogP contribution is 2.28. The molecule has 90 valence electrons. The average molecular weight is 271 g/mol. The molecule has 0 bridgehead atoms. The lowest BCUT2D eigenvalue weighted by Crippen LogP contribution is -2.45. The molecule has 1 heterocycles. The molecule has 1 unspecified atom stereocenters. The van der Waals surface area contributed by atoms with E-state index in [0.717, 1.165) is 12.1 Å². The van der Waals surface area contributed by atoms with Crippen molar-refractivity contribution >= 4 is 40.1 Å². The van der Waals surface area contributed by atoms with E-state index in [4.69, 9.17) is 22.7 Å². The van der Waals surface area contributed by atoms with Gasteiger partial charge in [0.1, 0.15) is 0 Å². The van der Waals surface area contributed by atoms with Gasteiger partial charge in [-0.15, -0.1) is 0 Å². The summed E-state index contributed by atoms with van der Waals surface area (Å²) in [6.45, 7) is 0.686. The van der Waals surface area contributed by atoms with Gasteiger partial charge in [0.25, 0.3) is 0 Å². The van der Waals surface area contributed by atoms with Gasteiger partial charge in [0.15, 0.2) is 0 Å². The third-order valence-corrected chi connectivity index (χ3v) is 3.82. The summed E-state index contributed by atoms with van der Waals surface area (Å²) in [7, 11) is 0. The third-order valence-electron chi connectivity index (χ3n) is 2.57. The molecular weight excluding hydrogens is 258 g/mol. The van der Waals surface area contributed by atoms with E-state index >= 15 is 0 Å². The van der Waals surface area contributed by atoms with Crippen LogP contribution in [0.25, 0.3) is 0 Å². The Hall–Kier alpha value is -1.20. The molecule has 4 N–H and O–H groups in total. The van der Waals surface area contributed by atoms with E-state index in [0.29, 0.717) is 11.6 Å². The van der Waals surface area contributed by atoms with Crippen molar-refractivity contribution in [3.05, 3.63) is 29.3 Å². The van der Waals surface area contributed by atoms with E-state index in [1.165, 1.54) is 11.8 Å². The van der Waals surface area contributed by atoms with Crippen molar-refractivity contribution in [1.82, 2.24) is 0 Å². The van der Waals surface area contributed by atoms with Gasteiger partial charge in [-0.25, -0.2) is 0 Å². The van der Waals surface area contributed by atoms with Crippen molar-refractivity contribution in [2.75, 3.05) is 11.4 Å². The zero-order valence-electron chi connectivity index (χ0n) is 9.10. The zero-order chi connectivity index (χ0) is 12.4. The Morgan fingerprint density at radius 1 is 1.47 bits per heavy atom. The van der Waals surface area contributed by atoms with Crippen molar-refractivity contribution in [3.8, 4) is 0 Å². The molecule has 1 fully saturated rings. The Morgan fingerprint density at radius 2 is 2.12 bits per heavy atom. The molecule has 0 spiro atoms. The van der Waals surface area contributed by atoms with Crippen molar-refractivity contribution in [3.63, 3.8) is 0 Å². The molecule has 0 saturated carbocycles. The fourth-order valence-corrected chi connectivity index (χ4v) is 2.71. The summed E-state index contributed by atoms with van der Waals surface area (Å²) in [5, 5.41) is 6.13. The number of carbonyl (C=O) groups excluding carboxylic acids is 1. The minimum atomic E-state index is -0.171. The number of hydrogen-bond acceptors (Lipinski definition) is 2. The monoisotopic (exact) mass is 270 g/mol. The molecule has 17 heavy (non-hydrogen) atoms. The first-order valence-electron chi connectivity index (χ1n) is 5.19. The van der Waals surface area contributed by atoms with E-state index in [9.17, 15) is 4.79 Å². The summed E-state index contributed by atoms with van der Waals surface area (Å²) in [5.74, 6) is 0.0470. The molecule has 1 aromatic rings. The second-order valence-electron chi connectivity index (χ2n) is 3.76. The molecule has 6 heteroatoms. The molecule has 4 nitrogen and oxygen atoms in total. The summed E-state index contributed by atoms with van der Waals surface area (Å²) in [6, 6.07) is 7.22. The fourth-order valence-electron chi connectivity index (χ4n) is 1.80. The number of benzene rings is 1. The second-order valence-corrected chi connectivity index (χ2v) is 5.48. The Balaban J connectivity index is 2.12. The SMILES string of the molecule is NC(=[NH2+])SC1CCN(c2ccc(Cl)cc2)C1=O. The van der Waals surface area contributed by atoms with Crippen LogP contribution in [0, 0.1) is 0 Å². The van der Waals surface area contributed by atoms with Crippen LogP contribution in [0.1, 0.15) is 6.42 Å². The average Bonchev–Trinajstić information content (AvgIpc) is 2.61. The number of nitrogens with zero attached hydrogens (tertiary/aromatic N) is 1. The summed E-state index contributed by atoms with van der Waals surface area (Å²) in [5.41, 5.74) is 6.27. The Kier molecular flexibility index (Phi) is 3.59. The molecule has 1 amide bonds. The maximum Gasteiger partial charge on any atom is 0.300 e. The maximum absolute atomic E-state index is 12.1. The van der Waals surface area contributed by atoms with Gasteiger partial charge in [-0.2, -0.15) is 0 Å². The maximum atomic E-state index is 12.1. The summed E-state index contributed by atoms with van der Waals surface area (Å²) in [4.78, 5) is 13.8. The van der Waals surface area contributed by atoms with Crippen LogP contribution in [0.5, 0.6) is 0 Å². The number of amides is 1. The lowest BCUT2D eigenvalue weighted by atomic mass is 10.3. The van der Waals surface area contributed by atoms with Crippen molar-refractivity contribution < 1.29 is 10.2 Å². The van der Waals surface area contributed by atoms with E-state index < -0.39 is 0 Å². The number of carbonyl (C=O) groups is 1. The van der Waals surface area contributed by atoms with Crippen LogP contribution in [-0.4, -0.2) is 22.9 Å². The normalized spacial score (nSPS) is 19.7. The van der Waals surface area contributed by atoms with Gasteiger partial charge >= 0.3 is 5.17 Å². The second kappa shape index (κ2) is 4.98. The van der Waals surface area contributed by atoms with Gasteiger partial charge in [0.2, 0.25) is 5.91 Å². The van der Waals surface area contributed by atoms with E-state index in [1.807, 2.05) is 12.1 Å². The van der Waals surface area contributed by atoms with Crippen molar-refractivity contribution in [2.45, 2.75) is 11.7 Å². The lowest BCUT2D eigenvalue weighted by Gasteiger charge is -2.16. The molecule has 0 radical (unpaired) electrons. The molecule has 1 aliphatic rings. The largest absolute Gasteiger partial charge is 0.311 e. The van der Waals surface area contributed by atoms with Crippen molar-refractivity contribution in [2.24, 2.45) is 5.73 Å². The first-order valence-corrected chi connectivity index (χ1v) is 6.45. The first kappa shape index (κ1) is 12.3. The molecular formula is C11H13ClN3OS+. The van der Waals surface area contributed by atoms with Crippen LogP contribution >= 0.6 is 23.4 Å². The van der Waals surface area contributed by atoms with Crippen molar-refractivity contribution in [1.29, 1.82) is 0 Å². The number of rotatable bonds is 2. The standard InChI is InChI=1S/C11H12ClN3OS/c12-7-1-3-8(4-2-7)15-6-5-9(10(15)16)17-11(13)14/h1-4,9H,5-6H2,(H3,13,14)/p+1. The summed E-state index contributed by atoms with van der Waals surface area (Å²) in [6.07, 6.45) is 0.754. The minimum absolute atomic E-state index is 0.0470. The number of amidine groups is 1. The predicted molar refractivity (Wildman–Crippen MR) is 70.9 cm³/mol. The Bertz CT molecular complexity index is 449. The van der Waals surface area contributed by atoms with Gasteiger partial charge in [-0.3, -0.25) is 15.9 Å². The first-order chi connectivity index (χ1) is 8.08. The molecule has 1 aromatic carbocycles. The molecule has 1 saturated heterocycles. The summed E-state index contributed by atoms with van der Waals surface area (Å²) >= 11 is 7.03. The van der Waals surface area contributed by atoms with E-state index in [1.54, 1.807) is 17.0 Å². The highest BCUT2D eigenvalue weighted by Gasteiger charge is 2.34. The van der Waals surface area contributed by atoms with Crippen LogP contribution in [0.2, 0.25) is 5.02 Å². The topological polar surface area (TPSA) is 71.9 Å². The smallest absolute Gasteiger partial charge is 0.300 e. The fraction of sp³-hybridized carbons (Fsp3) is 0.273. The van der Waals surface area contributed by atoms with Gasteiger partial charge in [-0.1, -0.05) is 11.6 Å². The molecule has 1 atom stereocenters. The molecule has 1 aliphatic heterocycles. The zero-order valence-corrected chi connectivity index (χ0v) is 10.7. The Morgan fingerprint density at radius 3 is 2.71 bits per heavy atom. The molecule has 0 aromatic heterocycles.